The SMILES string of the molecule is Cc1cc(-c2cnc(N)nc2)cc([C@@H]2CCCN(CCc3ccccc3)C2)n1. The summed E-state index contributed by atoms with van der Waals surface area (Å²) in [7, 11) is 0. The van der Waals surface area contributed by atoms with Crippen molar-refractivity contribution in [1.82, 2.24) is 19.9 Å². The first-order valence-electron chi connectivity index (χ1n) is 10.00. The number of hydrogen-bond acceptors (Lipinski definition) is 5. The minimum absolute atomic E-state index is 0.302. The number of benzene rings is 1. The van der Waals surface area contributed by atoms with Gasteiger partial charge in [-0.2, -0.15) is 0 Å². The number of pyridine rings is 1. The summed E-state index contributed by atoms with van der Waals surface area (Å²) in [5, 5.41) is 0. The Bertz CT molecular complexity index is 908. The van der Waals surface area contributed by atoms with Crippen molar-refractivity contribution in [3.8, 4) is 11.1 Å². The Hall–Kier alpha value is -2.79. The Morgan fingerprint density at radius 1 is 1.07 bits per heavy atom. The van der Waals surface area contributed by atoms with Crippen molar-refractivity contribution in [3.63, 3.8) is 0 Å². The molecule has 0 radical (unpaired) electrons. The molecule has 5 nitrogen and oxygen atoms in total. The van der Waals surface area contributed by atoms with Gasteiger partial charge in [-0.05, 0) is 56.0 Å². The van der Waals surface area contributed by atoms with Crippen LogP contribution >= 0.6 is 0 Å². The lowest BCUT2D eigenvalue weighted by molar-refractivity contribution is 0.208. The fourth-order valence-electron chi connectivity index (χ4n) is 3.99. The van der Waals surface area contributed by atoms with Gasteiger partial charge >= 0.3 is 0 Å². The molecule has 5 heteroatoms. The largest absolute Gasteiger partial charge is 0.368 e. The highest BCUT2D eigenvalue weighted by Gasteiger charge is 2.23. The molecule has 1 saturated heterocycles. The predicted molar refractivity (Wildman–Crippen MR) is 113 cm³/mol. The molecule has 1 aliphatic rings. The molecule has 2 N–H and O–H groups in total. The summed E-state index contributed by atoms with van der Waals surface area (Å²) in [5.74, 6) is 0.772. The lowest BCUT2D eigenvalue weighted by Gasteiger charge is -2.32. The molecule has 1 fully saturated rings. The molecule has 0 spiro atoms. The topological polar surface area (TPSA) is 67.9 Å². The Labute approximate surface area is 166 Å². The number of hydrogen-bond donors (Lipinski definition) is 1. The predicted octanol–water partition coefficient (Wildman–Crippen LogP) is 3.85. The van der Waals surface area contributed by atoms with E-state index in [1.807, 2.05) is 0 Å². The Morgan fingerprint density at radius 2 is 1.86 bits per heavy atom. The summed E-state index contributed by atoms with van der Waals surface area (Å²) in [5.41, 5.74) is 11.3. The first kappa shape index (κ1) is 18.6. The summed E-state index contributed by atoms with van der Waals surface area (Å²) >= 11 is 0. The molecule has 0 bridgehead atoms. The number of nitrogen functional groups attached to an aromatic ring is 1. The maximum atomic E-state index is 5.63. The van der Waals surface area contributed by atoms with Crippen molar-refractivity contribution < 1.29 is 0 Å². The second kappa shape index (κ2) is 8.48. The van der Waals surface area contributed by atoms with Crippen LogP contribution in [0.15, 0.2) is 54.9 Å². The van der Waals surface area contributed by atoms with Crippen molar-refractivity contribution in [2.24, 2.45) is 0 Å². The molecule has 1 atom stereocenters. The number of anilines is 1. The van der Waals surface area contributed by atoms with E-state index in [-0.39, 0.29) is 0 Å². The third-order valence-corrected chi connectivity index (χ3v) is 5.46. The fraction of sp³-hybridized carbons (Fsp3) is 0.348. The molecular weight excluding hydrogens is 346 g/mol. The van der Waals surface area contributed by atoms with Crippen molar-refractivity contribution in [3.05, 3.63) is 71.8 Å². The molecule has 4 rings (SSSR count). The lowest BCUT2D eigenvalue weighted by Crippen LogP contribution is -2.36. The van der Waals surface area contributed by atoms with E-state index in [1.165, 1.54) is 30.6 Å². The average molecular weight is 374 g/mol. The Morgan fingerprint density at radius 3 is 2.64 bits per heavy atom. The molecular formula is C23H27N5. The molecule has 0 saturated carbocycles. The number of rotatable bonds is 5. The van der Waals surface area contributed by atoms with E-state index in [2.05, 4.69) is 64.3 Å². The van der Waals surface area contributed by atoms with Gasteiger partial charge in [-0.3, -0.25) is 4.98 Å². The molecule has 0 unspecified atom stereocenters. The minimum Gasteiger partial charge on any atom is -0.368 e. The van der Waals surface area contributed by atoms with Crippen LogP contribution in [0, 0.1) is 6.92 Å². The van der Waals surface area contributed by atoms with Crippen LogP contribution in [0.3, 0.4) is 0 Å². The zero-order valence-corrected chi connectivity index (χ0v) is 16.4. The molecule has 2 aromatic heterocycles. The maximum absolute atomic E-state index is 5.63. The highest BCUT2D eigenvalue weighted by Crippen LogP contribution is 2.29. The Kier molecular flexibility index (Phi) is 5.63. The van der Waals surface area contributed by atoms with Gasteiger partial charge in [-0.15, -0.1) is 0 Å². The summed E-state index contributed by atoms with van der Waals surface area (Å²) in [6.45, 7) is 5.40. The van der Waals surface area contributed by atoms with Crippen molar-refractivity contribution in [2.75, 3.05) is 25.4 Å². The van der Waals surface area contributed by atoms with Crippen LogP contribution in [0.1, 0.15) is 35.7 Å². The number of aryl methyl sites for hydroxylation is 1. The van der Waals surface area contributed by atoms with Crippen LogP contribution in [-0.4, -0.2) is 39.5 Å². The molecule has 28 heavy (non-hydrogen) atoms. The second-order valence-corrected chi connectivity index (χ2v) is 7.63. The van der Waals surface area contributed by atoms with Crippen LogP contribution in [0.25, 0.3) is 11.1 Å². The van der Waals surface area contributed by atoms with Gasteiger partial charge in [0.1, 0.15) is 0 Å². The van der Waals surface area contributed by atoms with Crippen molar-refractivity contribution in [1.29, 1.82) is 0 Å². The average Bonchev–Trinajstić information content (AvgIpc) is 2.73. The van der Waals surface area contributed by atoms with Crippen LogP contribution in [0.2, 0.25) is 0 Å². The first-order chi connectivity index (χ1) is 13.7. The van der Waals surface area contributed by atoms with Gasteiger partial charge in [0.2, 0.25) is 5.95 Å². The van der Waals surface area contributed by atoms with Gasteiger partial charge in [0, 0.05) is 48.4 Å². The van der Waals surface area contributed by atoms with Crippen molar-refractivity contribution in [2.45, 2.75) is 32.1 Å². The maximum Gasteiger partial charge on any atom is 0.219 e. The number of nitrogens with two attached hydrogens (primary N) is 1. The van der Waals surface area contributed by atoms with E-state index in [1.54, 1.807) is 12.4 Å². The number of nitrogens with zero attached hydrogens (tertiary/aromatic N) is 4. The van der Waals surface area contributed by atoms with E-state index >= 15 is 0 Å². The monoisotopic (exact) mass is 373 g/mol. The molecule has 144 valence electrons. The summed E-state index contributed by atoms with van der Waals surface area (Å²) in [6, 6.07) is 15.0. The van der Waals surface area contributed by atoms with Gasteiger partial charge in [0.25, 0.3) is 0 Å². The highest BCUT2D eigenvalue weighted by molar-refractivity contribution is 5.63. The summed E-state index contributed by atoms with van der Waals surface area (Å²) in [6.07, 6.45) is 7.08. The van der Waals surface area contributed by atoms with Gasteiger partial charge in [0.05, 0.1) is 0 Å². The van der Waals surface area contributed by atoms with E-state index in [0.29, 0.717) is 11.9 Å². The quantitative estimate of drug-likeness (QED) is 0.736. The fourth-order valence-corrected chi connectivity index (χ4v) is 3.99. The summed E-state index contributed by atoms with van der Waals surface area (Å²) in [4.78, 5) is 15.7. The zero-order valence-electron chi connectivity index (χ0n) is 16.4. The third-order valence-electron chi connectivity index (χ3n) is 5.46. The standard InChI is InChI=1S/C23H27N5/c1-17-12-20(21-14-25-23(24)26-15-21)13-22(27-17)19-8-5-10-28(16-19)11-9-18-6-3-2-4-7-18/h2-4,6-7,12-15,19H,5,8-11,16H2,1H3,(H2,24,25,26)/t19-/m1/s1. The molecule has 0 amide bonds. The highest BCUT2D eigenvalue weighted by atomic mass is 15.1. The summed E-state index contributed by atoms with van der Waals surface area (Å²) < 4.78 is 0. The number of aromatic nitrogens is 3. The minimum atomic E-state index is 0.302. The number of likely N-dealkylation sites (tertiary alicyclic amines) is 1. The Balaban J connectivity index is 1.47. The second-order valence-electron chi connectivity index (χ2n) is 7.63. The lowest BCUT2D eigenvalue weighted by atomic mass is 9.92. The van der Waals surface area contributed by atoms with Crippen LogP contribution < -0.4 is 5.73 Å². The van der Waals surface area contributed by atoms with E-state index in [9.17, 15) is 0 Å². The zero-order chi connectivity index (χ0) is 19.3. The van der Waals surface area contributed by atoms with Gasteiger partial charge in [-0.25, -0.2) is 9.97 Å². The molecule has 1 aromatic carbocycles. The van der Waals surface area contributed by atoms with Gasteiger partial charge in [-0.1, -0.05) is 30.3 Å². The van der Waals surface area contributed by atoms with Gasteiger partial charge < -0.3 is 10.6 Å². The normalized spacial score (nSPS) is 17.5. The smallest absolute Gasteiger partial charge is 0.219 e. The van der Waals surface area contributed by atoms with Crippen LogP contribution in [0.5, 0.6) is 0 Å². The van der Waals surface area contributed by atoms with E-state index < -0.39 is 0 Å². The van der Waals surface area contributed by atoms with E-state index in [0.717, 1.165) is 36.3 Å². The van der Waals surface area contributed by atoms with E-state index in [4.69, 9.17) is 10.7 Å². The number of piperidine rings is 1. The van der Waals surface area contributed by atoms with Gasteiger partial charge in [0.15, 0.2) is 0 Å². The molecule has 3 heterocycles. The third kappa shape index (κ3) is 4.54. The van der Waals surface area contributed by atoms with Crippen molar-refractivity contribution >= 4 is 5.95 Å². The van der Waals surface area contributed by atoms with Crippen LogP contribution in [0.4, 0.5) is 5.95 Å². The molecule has 1 aliphatic heterocycles. The first-order valence-corrected chi connectivity index (χ1v) is 10.00. The van der Waals surface area contributed by atoms with Crippen LogP contribution in [-0.2, 0) is 6.42 Å². The molecule has 3 aromatic rings. The molecule has 0 aliphatic carbocycles.